The molecule has 7 heteroatoms. The van der Waals surface area contributed by atoms with E-state index in [0.717, 1.165) is 69.1 Å². The van der Waals surface area contributed by atoms with Gasteiger partial charge in [-0.3, -0.25) is 24.3 Å². The molecule has 2 aromatic carbocycles. The van der Waals surface area contributed by atoms with Crippen LogP contribution in [0.15, 0.2) is 54.6 Å². The summed E-state index contributed by atoms with van der Waals surface area (Å²) in [5.74, 6) is 1.08. The largest absolute Gasteiger partial charge is 0.489 e. The summed E-state index contributed by atoms with van der Waals surface area (Å²) in [6.45, 7) is 6.32. The van der Waals surface area contributed by atoms with Crippen molar-refractivity contribution in [1.29, 1.82) is 0 Å². The smallest absolute Gasteiger partial charge is 0.241 e. The summed E-state index contributed by atoms with van der Waals surface area (Å²) >= 11 is 0. The summed E-state index contributed by atoms with van der Waals surface area (Å²) in [5, 5.41) is 0. The number of para-hydroxylation sites is 2. The maximum absolute atomic E-state index is 13.6. The Bertz CT molecular complexity index is 969. The van der Waals surface area contributed by atoms with Crippen LogP contribution in [-0.4, -0.2) is 85.5 Å². The van der Waals surface area contributed by atoms with Gasteiger partial charge in [-0.1, -0.05) is 42.5 Å². The summed E-state index contributed by atoms with van der Waals surface area (Å²) in [6, 6.07) is 17.7. The number of likely N-dealkylation sites (tertiary alicyclic amines) is 1. The van der Waals surface area contributed by atoms with E-state index in [9.17, 15) is 9.59 Å². The zero-order valence-corrected chi connectivity index (χ0v) is 19.1. The number of piperazine rings is 1. The van der Waals surface area contributed by atoms with Crippen LogP contribution in [0.3, 0.4) is 0 Å². The first-order valence-corrected chi connectivity index (χ1v) is 12.0. The standard InChI is InChI=1S/C26H32N4O3/c31-25(29-12-6-7-13-29)18-27-14-16-28(17-15-27)19-26(32)30-22-10-4-5-11-24(22)33-20-23(30)21-8-2-1-3-9-21/h1-5,8-11,23H,6-7,12-20H2. The van der Waals surface area contributed by atoms with Crippen LogP contribution in [0.25, 0.3) is 0 Å². The van der Waals surface area contributed by atoms with Gasteiger partial charge in [0.2, 0.25) is 11.8 Å². The summed E-state index contributed by atoms with van der Waals surface area (Å²) in [4.78, 5) is 34.4. The highest BCUT2D eigenvalue weighted by Gasteiger charge is 2.34. The van der Waals surface area contributed by atoms with Crippen LogP contribution < -0.4 is 9.64 Å². The van der Waals surface area contributed by atoms with E-state index in [1.165, 1.54) is 0 Å². The lowest BCUT2D eigenvalue weighted by molar-refractivity contribution is -0.132. The van der Waals surface area contributed by atoms with Crippen molar-refractivity contribution in [3.05, 3.63) is 60.2 Å². The van der Waals surface area contributed by atoms with E-state index in [0.29, 0.717) is 19.7 Å². The van der Waals surface area contributed by atoms with Crippen LogP contribution in [0, 0.1) is 0 Å². The van der Waals surface area contributed by atoms with E-state index in [1.54, 1.807) is 0 Å². The van der Waals surface area contributed by atoms with E-state index in [2.05, 4.69) is 21.9 Å². The fourth-order valence-electron chi connectivity index (χ4n) is 5.05. The minimum atomic E-state index is -0.145. The van der Waals surface area contributed by atoms with Gasteiger partial charge in [-0.15, -0.1) is 0 Å². The molecule has 0 bridgehead atoms. The van der Waals surface area contributed by atoms with Crippen molar-refractivity contribution in [2.75, 3.05) is 63.9 Å². The molecule has 5 rings (SSSR count). The number of hydrogen-bond donors (Lipinski definition) is 0. The highest BCUT2D eigenvalue weighted by molar-refractivity contribution is 5.97. The molecule has 3 aliphatic rings. The zero-order valence-electron chi connectivity index (χ0n) is 19.1. The third-order valence-corrected chi connectivity index (χ3v) is 6.93. The maximum Gasteiger partial charge on any atom is 0.241 e. The van der Waals surface area contributed by atoms with Crippen molar-refractivity contribution in [3.63, 3.8) is 0 Å². The average molecular weight is 449 g/mol. The van der Waals surface area contributed by atoms with Gasteiger partial charge in [0.25, 0.3) is 0 Å². The second-order valence-electron chi connectivity index (χ2n) is 9.11. The topological polar surface area (TPSA) is 56.3 Å². The van der Waals surface area contributed by atoms with Crippen LogP contribution >= 0.6 is 0 Å². The van der Waals surface area contributed by atoms with Gasteiger partial charge < -0.3 is 9.64 Å². The first-order chi connectivity index (χ1) is 16.2. The number of carbonyl (C=O) groups excluding carboxylic acids is 2. The van der Waals surface area contributed by atoms with Gasteiger partial charge in [0, 0.05) is 39.3 Å². The summed E-state index contributed by atoms with van der Waals surface area (Å²) < 4.78 is 6.00. The lowest BCUT2D eigenvalue weighted by Gasteiger charge is -2.39. The normalized spacial score (nSPS) is 21.5. The molecule has 174 valence electrons. The van der Waals surface area contributed by atoms with Crippen molar-refractivity contribution in [3.8, 4) is 5.75 Å². The molecule has 3 aliphatic heterocycles. The van der Waals surface area contributed by atoms with Crippen molar-refractivity contribution in [1.82, 2.24) is 14.7 Å². The zero-order chi connectivity index (χ0) is 22.6. The Morgan fingerprint density at radius 1 is 0.758 bits per heavy atom. The van der Waals surface area contributed by atoms with Crippen molar-refractivity contribution < 1.29 is 14.3 Å². The first kappa shape index (κ1) is 21.9. The molecule has 0 aliphatic carbocycles. The monoisotopic (exact) mass is 448 g/mol. The molecule has 1 atom stereocenters. The van der Waals surface area contributed by atoms with E-state index in [1.807, 2.05) is 52.3 Å². The molecule has 3 heterocycles. The number of ether oxygens (including phenoxy) is 1. The van der Waals surface area contributed by atoms with Gasteiger partial charge >= 0.3 is 0 Å². The minimum absolute atomic E-state index is 0.0844. The lowest BCUT2D eigenvalue weighted by Crippen LogP contribution is -2.53. The molecule has 1 unspecified atom stereocenters. The molecule has 2 aromatic rings. The molecule has 2 amide bonds. The molecular formula is C26H32N4O3. The number of rotatable bonds is 5. The van der Waals surface area contributed by atoms with Gasteiger partial charge in [-0.05, 0) is 30.5 Å². The Balaban J connectivity index is 1.23. The van der Waals surface area contributed by atoms with Gasteiger partial charge in [-0.25, -0.2) is 0 Å². The van der Waals surface area contributed by atoms with Crippen LogP contribution in [0.5, 0.6) is 5.75 Å². The molecule has 33 heavy (non-hydrogen) atoms. The molecule has 7 nitrogen and oxygen atoms in total. The Hall–Kier alpha value is -2.90. The Labute approximate surface area is 195 Å². The molecule has 0 saturated carbocycles. The fourth-order valence-corrected chi connectivity index (χ4v) is 5.05. The Morgan fingerprint density at radius 3 is 2.06 bits per heavy atom. The van der Waals surface area contributed by atoms with Crippen molar-refractivity contribution in [2.24, 2.45) is 0 Å². The van der Waals surface area contributed by atoms with Crippen molar-refractivity contribution >= 4 is 17.5 Å². The highest BCUT2D eigenvalue weighted by Crippen LogP contribution is 2.39. The maximum atomic E-state index is 13.6. The molecule has 0 N–H and O–H groups in total. The van der Waals surface area contributed by atoms with E-state index in [-0.39, 0.29) is 17.9 Å². The van der Waals surface area contributed by atoms with E-state index < -0.39 is 0 Å². The molecule has 0 aromatic heterocycles. The second-order valence-corrected chi connectivity index (χ2v) is 9.11. The number of anilines is 1. The van der Waals surface area contributed by atoms with Crippen LogP contribution in [0.4, 0.5) is 5.69 Å². The fraction of sp³-hybridized carbons (Fsp3) is 0.462. The molecule has 0 spiro atoms. The Kier molecular flexibility index (Phi) is 6.60. The second kappa shape index (κ2) is 9.93. The van der Waals surface area contributed by atoms with Crippen molar-refractivity contribution in [2.45, 2.75) is 18.9 Å². The predicted molar refractivity (Wildman–Crippen MR) is 127 cm³/mol. The number of benzene rings is 2. The minimum Gasteiger partial charge on any atom is -0.489 e. The predicted octanol–water partition coefficient (Wildman–Crippen LogP) is 2.39. The number of hydrogen-bond acceptors (Lipinski definition) is 5. The summed E-state index contributed by atoms with van der Waals surface area (Å²) in [6.07, 6.45) is 2.24. The molecular weight excluding hydrogens is 416 g/mol. The average Bonchev–Trinajstić information content (AvgIpc) is 3.40. The number of fused-ring (bicyclic) bond motifs is 1. The molecule has 2 fully saturated rings. The van der Waals surface area contributed by atoms with Gasteiger partial charge in [0.15, 0.2) is 0 Å². The number of amides is 2. The van der Waals surface area contributed by atoms with Gasteiger partial charge in [-0.2, -0.15) is 0 Å². The Morgan fingerprint density at radius 2 is 1.36 bits per heavy atom. The van der Waals surface area contributed by atoms with Crippen LogP contribution in [0.2, 0.25) is 0 Å². The molecule has 0 radical (unpaired) electrons. The first-order valence-electron chi connectivity index (χ1n) is 12.0. The van der Waals surface area contributed by atoms with Gasteiger partial charge in [0.1, 0.15) is 12.4 Å². The summed E-state index contributed by atoms with van der Waals surface area (Å²) in [5.41, 5.74) is 1.91. The van der Waals surface area contributed by atoms with E-state index in [4.69, 9.17) is 4.74 Å². The van der Waals surface area contributed by atoms with Crippen LogP contribution in [0.1, 0.15) is 24.4 Å². The highest BCUT2D eigenvalue weighted by atomic mass is 16.5. The third-order valence-electron chi connectivity index (χ3n) is 6.93. The van der Waals surface area contributed by atoms with Crippen LogP contribution in [-0.2, 0) is 9.59 Å². The van der Waals surface area contributed by atoms with Gasteiger partial charge in [0.05, 0.1) is 24.8 Å². The third kappa shape index (κ3) is 4.89. The number of carbonyl (C=O) groups is 2. The quantitative estimate of drug-likeness (QED) is 0.703. The summed E-state index contributed by atoms with van der Waals surface area (Å²) in [7, 11) is 0. The lowest BCUT2D eigenvalue weighted by atomic mass is 10.0. The number of nitrogens with zero attached hydrogens (tertiary/aromatic N) is 4. The molecule has 2 saturated heterocycles. The SMILES string of the molecule is O=C(CN1CCN(CC(=O)N2c3ccccc3OCC2c2ccccc2)CC1)N1CCCC1. The van der Waals surface area contributed by atoms with E-state index >= 15 is 0 Å².